The summed E-state index contributed by atoms with van der Waals surface area (Å²) in [5, 5.41) is 18.3. The summed E-state index contributed by atoms with van der Waals surface area (Å²) in [7, 11) is 0. The number of carbonyl (C=O) groups excluding carboxylic acids is 1. The highest BCUT2D eigenvalue weighted by molar-refractivity contribution is 5.72. The summed E-state index contributed by atoms with van der Waals surface area (Å²) < 4.78 is 5.21. The summed E-state index contributed by atoms with van der Waals surface area (Å²) in [6, 6.07) is 9.33. The Morgan fingerprint density at radius 2 is 2.00 bits per heavy atom. The molecule has 2 N–H and O–H groups in total. The quantitative estimate of drug-likeness (QED) is 0.874. The monoisotopic (exact) mass is 293 g/mol. The SMILES string of the molecule is O=C(O)[C@@H]1CCN(C(=O)OCc2ccccc2)C[C@H]1CO. The molecule has 1 saturated heterocycles. The zero-order valence-electron chi connectivity index (χ0n) is 11.6. The molecule has 0 radical (unpaired) electrons. The number of ether oxygens (including phenoxy) is 1. The largest absolute Gasteiger partial charge is 0.481 e. The smallest absolute Gasteiger partial charge is 0.410 e. The fraction of sp³-hybridized carbons (Fsp3) is 0.467. The van der Waals surface area contributed by atoms with Crippen LogP contribution in [0.5, 0.6) is 0 Å². The zero-order chi connectivity index (χ0) is 15.2. The van der Waals surface area contributed by atoms with Gasteiger partial charge in [0.05, 0.1) is 5.92 Å². The topological polar surface area (TPSA) is 87.1 Å². The van der Waals surface area contributed by atoms with E-state index in [0.29, 0.717) is 13.0 Å². The third-order valence-electron chi connectivity index (χ3n) is 3.75. The van der Waals surface area contributed by atoms with Crippen LogP contribution in [0.2, 0.25) is 0 Å². The number of amides is 1. The molecule has 0 saturated carbocycles. The molecular weight excluding hydrogens is 274 g/mol. The third kappa shape index (κ3) is 3.95. The van der Waals surface area contributed by atoms with Gasteiger partial charge < -0.3 is 19.8 Å². The van der Waals surface area contributed by atoms with Crippen molar-refractivity contribution < 1.29 is 24.5 Å². The van der Waals surface area contributed by atoms with Gasteiger partial charge in [-0.05, 0) is 12.0 Å². The fourth-order valence-electron chi connectivity index (χ4n) is 2.52. The van der Waals surface area contributed by atoms with Gasteiger partial charge in [-0.1, -0.05) is 30.3 Å². The summed E-state index contributed by atoms with van der Waals surface area (Å²) in [6.07, 6.45) is -0.137. The highest BCUT2D eigenvalue weighted by atomic mass is 16.6. The summed E-state index contributed by atoms with van der Waals surface area (Å²) >= 11 is 0. The first-order valence-electron chi connectivity index (χ1n) is 6.91. The van der Waals surface area contributed by atoms with Crippen molar-refractivity contribution in [2.75, 3.05) is 19.7 Å². The summed E-state index contributed by atoms with van der Waals surface area (Å²) in [4.78, 5) is 24.5. The number of likely N-dealkylation sites (tertiary alicyclic amines) is 1. The molecule has 6 nitrogen and oxygen atoms in total. The molecule has 1 heterocycles. The van der Waals surface area contributed by atoms with Crippen LogP contribution in [0.1, 0.15) is 12.0 Å². The molecule has 21 heavy (non-hydrogen) atoms. The van der Waals surface area contributed by atoms with E-state index in [9.17, 15) is 14.7 Å². The van der Waals surface area contributed by atoms with Gasteiger partial charge in [-0.25, -0.2) is 4.79 Å². The van der Waals surface area contributed by atoms with Crippen LogP contribution in [0, 0.1) is 11.8 Å². The second-order valence-corrected chi connectivity index (χ2v) is 5.16. The molecule has 0 aromatic heterocycles. The number of benzene rings is 1. The van der Waals surface area contributed by atoms with E-state index >= 15 is 0 Å². The number of rotatable bonds is 4. The number of piperidine rings is 1. The number of carbonyl (C=O) groups is 2. The van der Waals surface area contributed by atoms with Crippen molar-refractivity contribution in [2.24, 2.45) is 11.8 Å². The van der Waals surface area contributed by atoms with Gasteiger partial charge >= 0.3 is 12.1 Å². The number of carboxylic acids is 1. The maximum absolute atomic E-state index is 12.0. The summed E-state index contributed by atoms with van der Waals surface area (Å²) in [6.45, 7) is 0.476. The minimum atomic E-state index is -0.925. The average molecular weight is 293 g/mol. The van der Waals surface area contributed by atoms with E-state index in [1.54, 1.807) is 0 Å². The standard InChI is InChI=1S/C15H19NO5/c17-9-12-8-16(7-6-13(12)14(18)19)15(20)21-10-11-4-2-1-3-5-11/h1-5,12-13,17H,6-10H2,(H,18,19)/t12-,13+/m0/s1. The summed E-state index contributed by atoms with van der Waals surface area (Å²) in [5.74, 6) is -1.97. The maximum atomic E-state index is 12.0. The van der Waals surface area contributed by atoms with E-state index < -0.39 is 23.9 Å². The number of aliphatic carboxylic acids is 1. The molecule has 2 atom stereocenters. The Morgan fingerprint density at radius 1 is 1.29 bits per heavy atom. The zero-order valence-corrected chi connectivity index (χ0v) is 11.6. The van der Waals surface area contributed by atoms with Crippen LogP contribution >= 0.6 is 0 Å². The predicted octanol–water partition coefficient (Wildman–Crippen LogP) is 1.34. The first-order chi connectivity index (χ1) is 10.1. The minimum Gasteiger partial charge on any atom is -0.481 e. The molecule has 114 valence electrons. The van der Waals surface area contributed by atoms with Crippen LogP contribution in [0.3, 0.4) is 0 Å². The Kier molecular flexibility index (Phi) is 5.16. The molecule has 0 spiro atoms. The van der Waals surface area contributed by atoms with Crippen molar-refractivity contribution in [3.63, 3.8) is 0 Å². The number of aliphatic hydroxyl groups excluding tert-OH is 1. The van der Waals surface area contributed by atoms with E-state index in [4.69, 9.17) is 9.84 Å². The average Bonchev–Trinajstić information content (AvgIpc) is 2.52. The lowest BCUT2D eigenvalue weighted by Gasteiger charge is -2.35. The molecule has 0 bridgehead atoms. The molecule has 0 aliphatic carbocycles. The van der Waals surface area contributed by atoms with Gasteiger partial charge in [0.1, 0.15) is 6.61 Å². The second-order valence-electron chi connectivity index (χ2n) is 5.16. The van der Waals surface area contributed by atoms with E-state index in [1.807, 2.05) is 30.3 Å². The highest BCUT2D eigenvalue weighted by Gasteiger charge is 2.35. The molecule has 1 amide bonds. The van der Waals surface area contributed by atoms with Crippen LogP contribution in [0.15, 0.2) is 30.3 Å². The molecule has 2 rings (SSSR count). The van der Waals surface area contributed by atoms with E-state index in [1.165, 1.54) is 4.90 Å². The molecule has 1 aliphatic heterocycles. The van der Waals surface area contributed by atoms with Gasteiger partial charge in [-0.15, -0.1) is 0 Å². The first-order valence-corrected chi connectivity index (χ1v) is 6.91. The Balaban J connectivity index is 1.87. The number of aliphatic hydroxyl groups is 1. The van der Waals surface area contributed by atoms with Crippen LogP contribution < -0.4 is 0 Å². The number of hydrogen-bond donors (Lipinski definition) is 2. The lowest BCUT2D eigenvalue weighted by atomic mass is 9.86. The molecular formula is C15H19NO5. The maximum Gasteiger partial charge on any atom is 0.410 e. The Labute approximate surface area is 122 Å². The Hall–Kier alpha value is -2.08. The van der Waals surface area contributed by atoms with Crippen molar-refractivity contribution in [3.05, 3.63) is 35.9 Å². The van der Waals surface area contributed by atoms with E-state index in [2.05, 4.69) is 0 Å². The Morgan fingerprint density at radius 3 is 2.62 bits per heavy atom. The molecule has 0 unspecified atom stereocenters. The van der Waals surface area contributed by atoms with Gasteiger partial charge in [-0.3, -0.25) is 4.79 Å². The van der Waals surface area contributed by atoms with Crippen molar-refractivity contribution in [2.45, 2.75) is 13.0 Å². The van der Waals surface area contributed by atoms with Gasteiger partial charge in [0.25, 0.3) is 0 Å². The van der Waals surface area contributed by atoms with Gasteiger partial charge in [0.2, 0.25) is 0 Å². The molecule has 1 aromatic rings. The van der Waals surface area contributed by atoms with Crippen LogP contribution in [0.4, 0.5) is 4.79 Å². The lowest BCUT2D eigenvalue weighted by Crippen LogP contribution is -2.47. The molecule has 1 aliphatic rings. The molecule has 1 fully saturated rings. The lowest BCUT2D eigenvalue weighted by molar-refractivity contribution is -0.146. The van der Waals surface area contributed by atoms with Crippen LogP contribution in [0.25, 0.3) is 0 Å². The van der Waals surface area contributed by atoms with E-state index in [-0.39, 0.29) is 19.8 Å². The molecule has 6 heteroatoms. The highest BCUT2D eigenvalue weighted by Crippen LogP contribution is 2.24. The normalized spacial score (nSPS) is 21.9. The van der Waals surface area contributed by atoms with Crippen LogP contribution in [-0.4, -0.2) is 46.9 Å². The third-order valence-corrected chi connectivity index (χ3v) is 3.75. The summed E-state index contributed by atoms with van der Waals surface area (Å²) in [5.41, 5.74) is 0.894. The number of hydrogen-bond acceptors (Lipinski definition) is 4. The number of nitrogens with zero attached hydrogens (tertiary/aromatic N) is 1. The second kappa shape index (κ2) is 7.08. The Bertz CT molecular complexity index is 490. The van der Waals surface area contributed by atoms with Crippen molar-refractivity contribution in [3.8, 4) is 0 Å². The van der Waals surface area contributed by atoms with E-state index in [0.717, 1.165) is 5.56 Å². The van der Waals surface area contributed by atoms with Crippen molar-refractivity contribution >= 4 is 12.1 Å². The van der Waals surface area contributed by atoms with Crippen molar-refractivity contribution in [1.29, 1.82) is 0 Å². The number of carboxylic acid groups (broad SMARTS) is 1. The fourth-order valence-corrected chi connectivity index (χ4v) is 2.52. The van der Waals surface area contributed by atoms with Gasteiger partial charge in [-0.2, -0.15) is 0 Å². The van der Waals surface area contributed by atoms with Crippen LogP contribution in [-0.2, 0) is 16.1 Å². The van der Waals surface area contributed by atoms with Gasteiger partial charge in [0, 0.05) is 25.6 Å². The predicted molar refractivity (Wildman–Crippen MR) is 74.5 cm³/mol. The first kappa shape index (κ1) is 15.3. The van der Waals surface area contributed by atoms with Crippen molar-refractivity contribution in [1.82, 2.24) is 4.90 Å². The minimum absolute atomic E-state index is 0.183. The van der Waals surface area contributed by atoms with Gasteiger partial charge in [0.15, 0.2) is 0 Å². The molecule has 1 aromatic carbocycles.